The highest BCUT2D eigenvalue weighted by atomic mass is 32.1. The largest absolute Gasteiger partial charge is 0.347 e. The molecule has 0 radical (unpaired) electrons. The zero-order valence-electron chi connectivity index (χ0n) is 12.1. The minimum atomic E-state index is -0.112. The number of nitrogens with zero attached hydrogens (tertiary/aromatic N) is 5. The van der Waals surface area contributed by atoms with Gasteiger partial charge in [-0.25, -0.2) is 9.97 Å². The summed E-state index contributed by atoms with van der Waals surface area (Å²) in [4.78, 5) is 28.4. The van der Waals surface area contributed by atoms with Crippen LogP contribution < -0.4 is 10.5 Å². The van der Waals surface area contributed by atoms with Gasteiger partial charge in [-0.2, -0.15) is 4.98 Å². The van der Waals surface area contributed by atoms with Crippen molar-refractivity contribution in [1.82, 2.24) is 19.5 Å². The van der Waals surface area contributed by atoms with E-state index in [0.717, 1.165) is 4.88 Å². The first-order valence-corrected chi connectivity index (χ1v) is 7.38. The van der Waals surface area contributed by atoms with Gasteiger partial charge < -0.3 is 4.90 Å². The van der Waals surface area contributed by atoms with Gasteiger partial charge in [-0.05, 0) is 18.4 Å². The Morgan fingerprint density at radius 2 is 2.14 bits per heavy atom. The molecule has 0 fully saturated rings. The molecule has 0 aliphatic rings. The molecule has 3 heterocycles. The second-order valence-corrected chi connectivity index (χ2v) is 5.97. The number of hydrogen-bond donors (Lipinski definition) is 0. The smallest absolute Gasteiger partial charge is 0.273 e. The summed E-state index contributed by atoms with van der Waals surface area (Å²) >= 11 is 1.62. The Balaban J connectivity index is 2.25. The zero-order chi connectivity index (χ0) is 15.0. The van der Waals surface area contributed by atoms with Crippen molar-refractivity contribution in [3.63, 3.8) is 0 Å². The lowest BCUT2D eigenvalue weighted by Crippen LogP contribution is -2.26. The number of rotatable bonds is 3. The van der Waals surface area contributed by atoms with Crippen LogP contribution >= 0.6 is 11.3 Å². The van der Waals surface area contributed by atoms with Crippen LogP contribution in [-0.4, -0.2) is 33.6 Å². The standard InChI is InChI=1S/C14H15N5OS/c1-9-13(20)19(8-10-5-4-6-21-10)12-11(16-9)7-15-14(17-12)18(2)3/h4-7H,8H2,1-3H3. The molecule has 0 amide bonds. The molecule has 0 spiro atoms. The van der Waals surface area contributed by atoms with Crippen molar-refractivity contribution in [2.45, 2.75) is 13.5 Å². The van der Waals surface area contributed by atoms with E-state index in [1.807, 2.05) is 31.6 Å². The molecule has 0 atom stereocenters. The molecular weight excluding hydrogens is 286 g/mol. The van der Waals surface area contributed by atoms with Crippen LogP contribution in [0.2, 0.25) is 0 Å². The summed E-state index contributed by atoms with van der Waals surface area (Å²) in [5, 5.41) is 2.00. The van der Waals surface area contributed by atoms with Crippen LogP contribution in [0.4, 0.5) is 5.95 Å². The fraction of sp³-hybridized carbons (Fsp3) is 0.286. The van der Waals surface area contributed by atoms with Gasteiger partial charge in [0.25, 0.3) is 5.56 Å². The molecule has 0 N–H and O–H groups in total. The molecular formula is C14H15N5OS. The summed E-state index contributed by atoms with van der Waals surface area (Å²) in [5.74, 6) is 0.562. The van der Waals surface area contributed by atoms with Gasteiger partial charge in [-0.3, -0.25) is 9.36 Å². The molecule has 21 heavy (non-hydrogen) atoms. The van der Waals surface area contributed by atoms with Crippen LogP contribution in [0.3, 0.4) is 0 Å². The first-order chi connectivity index (χ1) is 10.1. The SMILES string of the molecule is Cc1nc2cnc(N(C)C)nc2n(Cc2cccs2)c1=O. The predicted octanol–water partition coefficient (Wildman–Crippen LogP) is 1.67. The molecule has 108 valence electrons. The lowest BCUT2D eigenvalue weighted by molar-refractivity contribution is 0.771. The molecule has 7 heteroatoms. The van der Waals surface area contributed by atoms with Gasteiger partial charge >= 0.3 is 0 Å². The molecule has 6 nitrogen and oxygen atoms in total. The summed E-state index contributed by atoms with van der Waals surface area (Å²) in [5.41, 5.74) is 1.55. The number of aryl methyl sites for hydroxylation is 1. The first kappa shape index (κ1) is 13.7. The van der Waals surface area contributed by atoms with Crippen LogP contribution in [-0.2, 0) is 6.54 Å². The Bertz CT molecular complexity index is 838. The van der Waals surface area contributed by atoms with Crippen molar-refractivity contribution < 1.29 is 0 Å². The Kier molecular flexibility index (Phi) is 3.42. The van der Waals surface area contributed by atoms with E-state index >= 15 is 0 Å². The Hall–Kier alpha value is -2.28. The van der Waals surface area contributed by atoms with Crippen molar-refractivity contribution in [2.75, 3.05) is 19.0 Å². The van der Waals surface area contributed by atoms with E-state index in [2.05, 4.69) is 15.0 Å². The lowest BCUT2D eigenvalue weighted by atomic mass is 10.4. The summed E-state index contributed by atoms with van der Waals surface area (Å²) < 4.78 is 1.66. The number of fused-ring (bicyclic) bond motifs is 1. The van der Waals surface area contributed by atoms with Gasteiger partial charge in [0, 0.05) is 19.0 Å². The summed E-state index contributed by atoms with van der Waals surface area (Å²) in [6.07, 6.45) is 1.66. The van der Waals surface area contributed by atoms with E-state index in [1.165, 1.54) is 0 Å². The number of anilines is 1. The van der Waals surface area contributed by atoms with Crippen LogP contribution in [0.25, 0.3) is 11.2 Å². The molecule has 3 aromatic heterocycles. The molecule has 0 unspecified atom stereocenters. The van der Waals surface area contributed by atoms with Crippen LogP contribution in [0.1, 0.15) is 10.6 Å². The maximum atomic E-state index is 12.4. The fourth-order valence-electron chi connectivity index (χ4n) is 2.08. The van der Waals surface area contributed by atoms with E-state index in [1.54, 1.807) is 33.9 Å². The van der Waals surface area contributed by atoms with Crippen molar-refractivity contribution in [2.24, 2.45) is 0 Å². The highest BCUT2D eigenvalue weighted by molar-refractivity contribution is 7.09. The van der Waals surface area contributed by atoms with Gasteiger partial charge in [0.15, 0.2) is 5.65 Å². The molecule has 0 saturated heterocycles. The normalized spacial score (nSPS) is 11.0. The van der Waals surface area contributed by atoms with Crippen molar-refractivity contribution >= 4 is 28.4 Å². The van der Waals surface area contributed by atoms with Crippen molar-refractivity contribution in [3.8, 4) is 0 Å². The van der Waals surface area contributed by atoms with Crippen LogP contribution in [0, 0.1) is 6.92 Å². The minimum Gasteiger partial charge on any atom is -0.347 e. The molecule has 0 aliphatic heterocycles. The summed E-state index contributed by atoms with van der Waals surface area (Å²) in [7, 11) is 3.73. The van der Waals surface area contributed by atoms with Gasteiger partial charge in [0.2, 0.25) is 5.95 Å². The quantitative estimate of drug-likeness (QED) is 0.736. The lowest BCUT2D eigenvalue weighted by Gasteiger charge is -2.13. The zero-order valence-corrected chi connectivity index (χ0v) is 12.9. The van der Waals surface area contributed by atoms with Crippen LogP contribution in [0.15, 0.2) is 28.5 Å². The average molecular weight is 301 g/mol. The van der Waals surface area contributed by atoms with E-state index in [-0.39, 0.29) is 5.56 Å². The van der Waals surface area contributed by atoms with Gasteiger partial charge in [0.1, 0.15) is 11.2 Å². The molecule has 0 aromatic carbocycles. The summed E-state index contributed by atoms with van der Waals surface area (Å²) in [6, 6.07) is 3.98. The molecule has 3 rings (SSSR count). The first-order valence-electron chi connectivity index (χ1n) is 6.50. The average Bonchev–Trinajstić information content (AvgIpc) is 2.96. The molecule has 0 saturated carbocycles. The minimum absolute atomic E-state index is 0.112. The molecule has 3 aromatic rings. The predicted molar refractivity (Wildman–Crippen MR) is 84.1 cm³/mol. The Morgan fingerprint density at radius 1 is 1.33 bits per heavy atom. The van der Waals surface area contributed by atoms with Crippen molar-refractivity contribution in [1.29, 1.82) is 0 Å². The van der Waals surface area contributed by atoms with Gasteiger partial charge in [0.05, 0.1) is 12.7 Å². The van der Waals surface area contributed by atoms with Crippen molar-refractivity contribution in [3.05, 3.63) is 44.6 Å². The molecule has 0 bridgehead atoms. The number of aromatic nitrogens is 4. The molecule has 0 aliphatic carbocycles. The van der Waals surface area contributed by atoms with E-state index in [4.69, 9.17) is 0 Å². The fourth-order valence-corrected chi connectivity index (χ4v) is 2.77. The maximum absolute atomic E-state index is 12.4. The third-order valence-electron chi connectivity index (χ3n) is 3.13. The summed E-state index contributed by atoms with van der Waals surface area (Å²) in [6.45, 7) is 2.22. The highest BCUT2D eigenvalue weighted by Crippen LogP contribution is 2.15. The monoisotopic (exact) mass is 301 g/mol. The number of thiophene rings is 1. The third-order valence-corrected chi connectivity index (χ3v) is 3.99. The third kappa shape index (κ3) is 2.52. The van der Waals surface area contributed by atoms with Crippen LogP contribution in [0.5, 0.6) is 0 Å². The van der Waals surface area contributed by atoms with E-state index < -0.39 is 0 Å². The topological polar surface area (TPSA) is 63.9 Å². The maximum Gasteiger partial charge on any atom is 0.273 e. The second kappa shape index (κ2) is 5.25. The second-order valence-electron chi connectivity index (χ2n) is 4.94. The number of hydrogen-bond acceptors (Lipinski definition) is 6. The van der Waals surface area contributed by atoms with Gasteiger partial charge in [-0.1, -0.05) is 6.07 Å². The van der Waals surface area contributed by atoms with E-state index in [9.17, 15) is 4.79 Å². The highest BCUT2D eigenvalue weighted by Gasteiger charge is 2.12. The van der Waals surface area contributed by atoms with Gasteiger partial charge in [-0.15, -0.1) is 11.3 Å². The van der Waals surface area contributed by atoms with E-state index in [0.29, 0.717) is 29.4 Å². The Labute approximate surface area is 125 Å². The Morgan fingerprint density at radius 3 is 2.81 bits per heavy atom.